The van der Waals surface area contributed by atoms with Crippen molar-refractivity contribution in [3.63, 3.8) is 0 Å². The van der Waals surface area contributed by atoms with Gasteiger partial charge in [0.15, 0.2) is 5.69 Å². The number of hydrogen-bond acceptors (Lipinski definition) is 4. The van der Waals surface area contributed by atoms with E-state index in [1.807, 2.05) is 13.8 Å². The van der Waals surface area contributed by atoms with Crippen LogP contribution in [0.25, 0.3) is 0 Å². The molecule has 1 aromatic heterocycles. The Hall–Kier alpha value is -2.84. The van der Waals surface area contributed by atoms with Crippen molar-refractivity contribution in [1.29, 1.82) is 0 Å². The number of aromatic nitrogens is 1. The average Bonchev–Trinajstić information content (AvgIpc) is 3.34. The molecule has 1 aliphatic heterocycles. The standard InChI is InChI=1S/C21H24F3N3O3/c1-12(2)16(25-18(28)14-6-8-15(9-7-14)21(22,23)24)19-26-17(13(3)30-19)20(29)27-10-4-5-11-27/h6-9,12,16H,4-5,10-11H2,1-3H3,(H,25,28)/t16-/m0/s1. The second kappa shape index (κ2) is 8.49. The van der Waals surface area contributed by atoms with Crippen molar-refractivity contribution in [3.8, 4) is 0 Å². The third-order valence-corrected chi connectivity index (χ3v) is 5.10. The van der Waals surface area contributed by atoms with Crippen molar-refractivity contribution in [2.75, 3.05) is 13.1 Å². The van der Waals surface area contributed by atoms with Crippen molar-refractivity contribution < 1.29 is 27.2 Å². The van der Waals surface area contributed by atoms with E-state index in [2.05, 4.69) is 10.3 Å². The van der Waals surface area contributed by atoms with E-state index in [1.54, 1.807) is 11.8 Å². The number of nitrogens with zero attached hydrogens (tertiary/aromatic N) is 2. The second-order valence-electron chi connectivity index (χ2n) is 7.73. The van der Waals surface area contributed by atoms with Gasteiger partial charge in [0.2, 0.25) is 5.89 Å². The van der Waals surface area contributed by atoms with Gasteiger partial charge in [-0.3, -0.25) is 9.59 Å². The van der Waals surface area contributed by atoms with E-state index in [1.165, 1.54) is 0 Å². The lowest BCUT2D eigenvalue weighted by Crippen LogP contribution is -2.32. The molecular formula is C21H24F3N3O3. The van der Waals surface area contributed by atoms with Crippen molar-refractivity contribution in [3.05, 3.63) is 52.7 Å². The summed E-state index contributed by atoms with van der Waals surface area (Å²) in [4.78, 5) is 31.3. The zero-order valence-electron chi connectivity index (χ0n) is 17.0. The van der Waals surface area contributed by atoms with Gasteiger partial charge in [0.1, 0.15) is 11.8 Å². The Morgan fingerprint density at radius 1 is 1.13 bits per heavy atom. The first-order chi connectivity index (χ1) is 14.1. The molecule has 0 radical (unpaired) electrons. The van der Waals surface area contributed by atoms with Gasteiger partial charge in [-0.15, -0.1) is 0 Å². The molecule has 3 rings (SSSR count). The van der Waals surface area contributed by atoms with Crippen LogP contribution in [-0.2, 0) is 6.18 Å². The first-order valence-corrected chi connectivity index (χ1v) is 9.82. The number of alkyl halides is 3. The molecule has 2 aromatic rings. The highest BCUT2D eigenvalue weighted by atomic mass is 19.4. The predicted molar refractivity (Wildman–Crippen MR) is 103 cm³/mol. The first-order valence-electron chi connectivity index (χ1n) is 9.82. The maximum Gasteiger partial charge on any atom is 0.416 e. The minimum Gasteiger partial charge on any atom is -0.443 e. The molecule has 0 saturated carbocycles. The fourth-order valence-corrected chi connectivity index (χ4v) is 3.37. The molecule has 0 bridgehead atoms. The van der Waals surface area contributed by atoms with Crippen LogP contribution in [0.15, 0.2) is 28.7 Å². The summed E-state index contributed by atoms with van der Waals surface area (Å²) in [7, 11) is 0. The van der Waals surface area contributed by atoms with Gasteiger partial charge in [-0.25, -0.2) is 4.98 Å². The molecule has 30 heavy (non-hydrogen) atoms. The highest BCUT2D eigenvalue weighted by Gasteiger charge is 2.32. The van der Waals surface area contributed by atoms with E-state index < -0.39 is 23.7 Å². The Balaban J connectivity index is 1.78. The molecule has 1 aromatic carbocycles. The van der Waals surface area contributed by atoms with E-state index in [9.17, 15) is 22.8 Å². The molecule has 1 N–H and O–H groups in total. The molecule has 2 amide bonds. The zero-order chi connectivity index (χ0) is 22.1. The minimum absolute atomic E-state index is 0.0882. The van der Waals surface area contributed by atoms with E-state index in [4.69, 9.17) is 4.42 Å². The lowest BCUT2D eigenvalue weighted by molar-refractivity contribution is -0.137. The highest BCUT2D eigenvalue weighted by molar-refractivity contribution is 5.95. The van der Waals surface area contributed by atoms with Crippen LogP contribution in [0.5, 0.6) is 0 Å². The van der Waals surface area contributed by atoms with Gasteiger partial charge in [0.05, 0.1) is 5.56 Å². The number of benzene rings is 1. The Bertz CT molecular complexity index is 914. The summed E-state index contributed by atoms with van der Waals surface area (Å²) < 4.78 is 43.9. The molecule has 6 nitrogen and oxygen atoms in total. The summed E-state index contributed by atoms with van der Waals surface area (Å²) in [5, 5.41) is 2.75. The number of carbonyl (C=O) groups excluding carboxylic acids is 2. The number of aryl methyl sites for hydroxylation is 1. The van der Waals surface area contributed by atoms with Gasteiger partial charge in [-0.2, -0.15) is 13.2 Å². The van der Waals surface area contributed by atoms with E-state index in [0.717, 1.165) is 37.1 Å². The molecule has 1 atom stereocenters. The summed E-state index contributed by atoms with van der Waals surface area (Å²) in [5.74, 6) is -0.305. The predicted octanol–water partition coefficient (Wildman–Crippen LogP) is 4.36. The summed E-state index contributed by atoms with van der Waals surface area (Å²) in [6.07, 6.45) is -2.57. The SMILES string of the molecule is Cc1oc([C@@H](NC(=O)c2ccc(C(F)(F)F)cc2)C(C)C)nc1C(=O)N1CCCC1. The normalized spacial score (nSPS) is 15.5. The average molecular weight is 423 g/mol. The van der Waals surface area contributed by atoms with Crippen LogP contribution < -0.4 is 5.32 Å². The molecule has 0 spiro atoms. The second-order valence-corrected chi connectivity index (χ2v) is 7.73. The van der Waals surface area contributed by atoms with Crippen LogP contribution in [0.1, 0.15) is 70.8 Å². The number of hydrogen-bond donors (Lipinski definition) is 1. The molecule has 9 heteroatoms. The molecule has 1 saturated heterocycles. The first kappa shape index (κ1) is 21.9. The van der Waals surface area contributed by atoms with Crippen LogP contribution in [0.3, 0.4) is 0 Å². The smallest absolute Gasteiger partial charge is 0.416 e. The summed E-state index contributed by atoms with van der Waals surface area (Å²) in [6, 6.07) is 3.33. The van der Waals surface area contributed by atoms with Crippen LogP contribution in [0.2, 0.25) is 0 Å². The van der Waals surface area contributed by atoms with Crippen molar-refractivity contribution in [1.82, 2.24) is 15.2 Å². The van der Waals surface area contributed by atoms with Gasteiger partial charge >= 0.3 is 6.18 Å². The number of carbonyl (C=O) groups is 2. The van der Waals surface area contributed by atoms with Crippen molar-refractivity contribution in [2.45, 2.75) is 45.8 Å². The Morgan fingerprint density at radius 2 is 1.73 bits per heavy atom. The van der Waals surface area contributed by atoms with Gasteiger partial charge in [-0.1, -0.05) is 13.8 Å². The third kappa shape index (κ3) is 4.66. The molecule has 0 aliphatic carbocycles. The lowest BCUT2D eigenvalue weighted by atomic mass is 10.0. The molecule has 1 aliphatic rings. The maximum absolute atomic E-state index is 12.7. The van der Waals surface area contributed by atoms with E-state index >= 15 is 0 Å². The summed E-state index contributed by atoms with van der Waals surface area (Å²) in [6.45, 7) is 6.70. The van der Waals surface area contributed by atoms with Crippen LogP contribution in [0, 0.1) is 12.8 Å². The minimum atomic E-state index is -4.47. The lowest BCUT2D eigenvalue weighted by Gasteiger charge is -2.19. The van der Waals surface area contributed by atoms with Crippen LogP contribution in [0.4, 0.5) is 13.2 Å². The van der Waals surface area contributed by atoms with E-state index in [-0.39, 0.29) is 29.0 Å². The maximum atomic E-state index is 12.7. The molecular weight excluding hydrogens is 399 g/mol. The largest absolute Gasteiger partial charge is 0.443 e. The Kier molecular flexibility index (Phi) is 6.19. The zero-order valence-corrected chi connectivity index (χ0v) is 17.0. The molecule has 162 valence electrons. The summed E-state index contributed by atoms with van der Waals surface area (Å²) >= 11 is 0. The van der Waals surface area contributed by atoms with Gasteiger partial charge in [0.25, 0.3) is 11.8 Å². The fourth-order valence-electron chi connectivity index (χ4n) is 3.37. The Morgan fingerprint density at radius 3 is 2.27 bits per heavy atom. The molecule has 2 heterocycles. The number of halogens is 3. The fraction of sp³-hybridized carbons (Fsp3) is 0.476. The number of amides is 2. The molecule has 0 unspecified atom stereocenters. The van der Waals surface area contributed by atoms with Crippen molar-refractivity contribution >= 4 is 11.8 Å². The number of likely N-dealkylation sites (tertiary alicyclic amines) is 1. The Labute approximate surface area is 172 Å². The topological polar surface area (TPSA) is 75.4 Å². The van der Waals surface area contributed by atoms with Gasteiger partial charge in [0, 0.05) is 18.7 Å². The van der Waals surface area contributed by atoms with Gasteiger partial charge < -0.3 is 14.6 Å². The third-order valence-electron chi connectivity index (χ3n) is 5.10. The summed E-state index contributed by atoms with van der Waals surface area (Å²) in [5.41, 5.74) is -0.514. The number of nitrogens with one attached hydrogen (secondary N) is 1. The van der Waals surface area contributed by atoms with Crippen LogP contribution in [-0.4, -0.2) is 34.8 Å². The van der Waals surface area contributed by atoms with Gasteiger partial charge in [-0.05, 0) is 49.9 Å². The van der Waals surface area contributed by atoms with Crippen molar-refractivity contribution in [2.24, 2.45) is 5.92 Å². The quantitative estimate of drug-likeness (QED) is 0.775. The number of oxazole rings is 1. The van der Waals surface area contributed by atoms with E-state index in [0.29, 0.717) is 18.8 Å². The highest BCUT2D eigenvalue weighted by Crippen LogP contribution is 2.29. The monoisotopic (exact) mass is 423 g/mol. The molecule has 1 fully saturated rings. The van der Waals surface area contributed by atoms with Crippen LogP contribution >= 0.6 is 0 Å². The number of rotatable bonds is 5.